The molecule has 1 amide bonds. The van der Waals surface area contributed by atoms with Crippen LogP contribution in [0.15, 0.2) is 18.2 Å². The second-order valence-corrected chi connectivity index (χ2v) is 7.68. The maximum atomic E-state index is 13.3. The number of nitrogens with one attached hydrogen (secondary N) is 1. The summed E-state index contributed by atoms with van der Waals surface area (Å²) in [4.78, 5) is 11.8. The zero-order valence-corrected chi connectivity index (χ0v) is 15.5. The van der Waals surface area contributed by atoms with Crippen molar-refractivity contribution in [2.24, 2.45) is 5.41 Å². The molecule has 27 heavy (non-hydrogen) atoms. The monoisotopic (exact) mass is 385 g/mol. The average molecular weight is 385 g/mol. The number of nitrogens with zero attached hydrogens (tertiary/aromatic N) is 2. The van der Waals surface area contributed by atoms with Crippen molar-refractivity contribution in [3.8, 4) is 11.8 Å². The summed E-state index contributed by atoms with van der Waals surface area (Å²) in [5.41, 5.74) is -2.90. The number of hydrogen-bond donors (Lipinski definition) is 2. The summed E-state index contributed by atoms with van der Waals surface area (Å²) < 4.78 is 45.8. The summed E-state index contributed by atoms with van der Waals surface area (Å²) in [6, 6.07) is 6.23. The molecule has 1 heterocycles. The highest BCUT2D eigenvalue weighted by Gasteiger charge is 2.54. The number of rotatable bonds is 4. The molecule has 1 aliphatic heterocycles. The van der Waals surface area contributed by atoms with E-state index in [9.17, 15) is 23.1 Å². The largest absolute Gasteiger partial charge is 0.486 e. The van der Waals surface area contributed by atoms with Gasteiger partial charge in [-0.15, -0.1) is 0 Å². The van der Waals surface area contributed by atoms with Crippen molar-refractivity contribution in [1.29, 1.82) is 5.26 Å². The van der Waals surface area contributed by atoms with Crippen molar-refractivity contribution in [1.82, 2.24) is 0 Å². The number of fused-ring (bicyclic) bond motifs is 1. The normalized spacial score (nSPS) is 17.2. The molecule has 148 valence electrons. The number of amides is 1. The van der Waals surface area contributed by atoms with Crippen LogP contribution in [-0.2, 0) is 0 Å². The summed E-state index contributed by atoms with van der Waals surface area (Å²) in [7, 11) is 0. The Hall–Kier alpha value is -2.63. The van der Waals surface area contributed by atoms with Crippen LogP contribution in [0.25, 0.3) is 0 Å². The lowest BCUT2D eigenvalue weighted by molar-refractivity contribution is -0.175. The Bertz CT molecular complexity index is 769. The van der Waals surface area contributed by atoms with Crippen molar-refractivity contribution in [3.63, 3.8) is 0 Å². The van der Waals surface area contributed by atoms with Gasteiger partial charge >= 0.3 is 12.3 Å². The number of carbonyl (C=O) groups is 1. The summed E-state index contributed by atoms with van der Waals surface area (Å²) in [6.45, 7) is 5.56. The van der Waals surface area contributed by atoms with Crippen LogP contribution in [0.4, 0.5) is 29.3 Å². The lowest BCUT2D eigenvalue weighted by atomic mass is 9.88. The molecule has 0 saturated heterocycles. The van der Waals surface area contributed by atoms with Crippen LogP contribution in [0.2, 0.25) is 0 Å². The first-order valence-electron chi connectivity index (χ1n) is 8.34. The molecule has 2 rings (SSSR count). The fraction of sp³-hybridized carbons (Fsp3) is 0.556. The summed E-state index contributed by atoms with van der Waals surface area (Å²) in [5, 5.41) is 21.6. The van der Waals surface area contributed by atoms with E-state index in [1.165, 1.54) is 18.2 Å². The van der Waals surface area contributed by atoms with Crippen LogP contribution < -0.4 is 15.0 Å². The van der Waals surface area contributed by atoms with Gasteiger partial charge in [0.1, 0.15) is 17.4 Å². The van der Waals surface area contributed by atoms with Gasteiger partial charge in [0.25, 0.3) is 0 Å². The van der Waals surface area contributed by atoms with Crippen LogP contribution in [0.5, 0.6) is 5.75 Å². The Morgan fingerprint density at radius 1 is 1.37 bits per heavy atom. The van der Waals surface area contributed by atoms with Gasteiger partial charge in [0.05, 0.1) is 29.4 Å². The Balaban J connectivity index is 2.31. The number of ether oxygens (including phenoxy) is 1. The van der Waals surface area contributed by atoms with E-state index in [4.69, 9.17) is 10.00 Å². The Kier molecular flexibility index (Phi) is 5.23. The molecule has 2 N–H and O–H groups in total. The smallest absolute Gasteiger partial charge is 0.412 e. The van der Waals surface area contributed by atoms with Crippen molar-refractivity contribution < 1.29 is 27.8 Å². The molecular weight excluding hydrogens is 363 g/mol. The maximum absolute atomic E-state index is 13.3. The molecule has 6 nitrogen and oxygen atoms in total. The van der Waals surface area contributed by atoms with E-state index in [-0.39, 0.29) is 11.8 Å². The summed E-state index contributed by atoms with van der Waals surface area (Å²) >= 11 is 0. The molecule has 0 unspecified atom stereocenters. The number of carboxylic acid groups (broad SMARTS) is 1. The van der Waals surface area contributed by atoms with Gasteiger partial charge in [0, 0.05) is 6.42 Å². The molecular formula is C18H22F3N3O3. The number of benzene rings is 1. The van der Waals surface area contributed by atoms with Gasteiger partial charge in [0.15, 0.2) is 0 Å². The zero-order chi connectivity index (χ0) is 20.6. The lowest BCUT2D eigenvalue weighted by Crippen LogP contribution is -2.57. The average Bonchev–Trinajstić information content (AvgIpc) is 2.53. The predicted octanol–water partition coefficient (Wildman–Crippen LogP) is 4.62. The number of halogens is 3. The highest BCUT2D eigenvalue weighted by atomic mass is 19.4. The molecule has 0 aliphatic carbocycles. The second-order valence-electron chi connectivity index (χ2n) is 7.68. The molecule has 9 heteroatoms. The quantitative estimate of drug-likeness (QED) is 0.790. The third-order valence-corrected chi connectivity index (χ3v) is 4.52. The lowest BCUT2D eigenvalue weighted by Gasteiger charge is -2.38. The van der Waals surface area contributed by atoms with Crippen molar-refractivity contribution in [2.75, 3.05) is 16.8 Å². The number of hydrogen-bond acceptors (Lipinski definition) is 4. The van der Waals surface area contributed by atoms with Gasteiger partial charge in [-0.2, -0.15) is 18.4 Å². The molecule has 1 aliphatic rings. The molecule has 0 fully saturated rings. The number of nitriles is 1. The van der Waals surface area contributed by atoms with E-state index in [0.717, 1.165) is 13.8 Å². The van der Waals surface area contributed by atoms with Crippen molar-refractivity contribution in [2.45, 2.75) is 51.9 Å². The van der Waals surface area contributed by atoms with Crippen LogP contribution in [0, 0.1) is 16.7 Å². The van der Waals surface area contributed by atoms with Gasteiger partial charge < -0.3 is 15.2 Å². The van der Waals surface area contributed by atoms with Crippen LogP contribution >= 0.6 is 0 Å². The van der Waals surface area contributed by atoms with Crippen molar-refractivity contribution >= 4 is 17.5 Å². The molecule has 0 aromatic heterocycles. The van der Waals surface area contributed by atoms with Gasteiger partial charge in [-0.25, -0.2) is 4.79 Å². The fourth-order valence-electron chi connectivity index (χ4n) is 2.87. The van der Waals surface area contributed by atoms with Gasteiger partial charge in [0.2, 0.25) is 0 Å². The van der Waals surface area contributed by atoms with E-state index in [1.54, 1.807) is 13.8 Å². The van der Waals surface area contributed by atoms with E-state index in [1.807, 2.05) is 0 Å². The van der Waals surface area contributed by atoms with Crippen LogP contribution in [-0.4, -0.2) is 35.6 Å². The Labute approximate surface area is 155 Å². The highest BCUT2D eigenvalue weighted by molar-refractivity contribution is 5.89. The minimum Gasteiger partial charge on any atom is -0.486 e. The zero-order valence-electron chi connectivity index (χ0n) is 15.5. The van der Waals surface area contributed by atoms with Crippen LogP contribution in [0.1, 0.15) is 34.1 Å². The first-order chi connectivity index (χ1) is 12.3. The summed E-state index contributed by atoms with van der Waals surface area (Å²) in [6.07, 6.45) is -6.26. The van der Waals surface area contributed by atoms with E-state index < -0.39 is 23.2 Å². The third-order valence-electron chi connectivity index (χ3n) is 4.52. The Morgan fingerprint density at radius 3 is 2.52 bits per heavy atom. The third kappa shape index (κ3) is 4.21. The predicted molar refractivity (Wildman–Crippen MR) is 94.0 cm³/mol. The van der Waals surface area contributed by atoms with E-state index in [0.29, 0.717) is 29.3 Å². The first kappa shape index (κ1) is 20.7. The van der Waals surface area contributed by atoms with Crippen molar-refractivity contribution in [3.05, 3.63) is 18.2 Å². The Morgan fingerprint density at radius 2 is 2.00 bits per heavy atom. The second kappa shape index (κ2) is 6.83. The first-order valence-corrected chi connectivity index (χ1v) is 8.34. The minimum absolute atomic E-state index is 0.115. The molecule has 0 saturated carbocycles. The van der Waals surface area contributed by atoms with Gasteiger partial charge in [-0.3, -0.25) is 4.90 Å². The molecule has 0 spiro atoms. The SMILES string of the molecule is CC(C)(C#N)C[C@H]1CNc2cc(N(C(=O)O)C(C)(C)C(F)(F)F)ccc2O1. The molecule has 1 aromatic rings. The number of alkyl halides is 3. The molecule has 0 bridgehead atoms. The topological polar surface area (TPSA) is 85.6 Å². The molecule has 1 atom stereocenters. The summed E-state index contributed by atoms with van der Waals surface area (Å²) in [5.74, 6) is 0.402. The molecule has 0 radical (unpaired) electrons. The maximum Gasteiger partial charge on any atom is 0.412 e. The van der Waals surface area contributed by atoms with E-state index >= 15 is 0 Å². The van der Waals surface area contributed by atoms with E-state index in [2.05, 4.69) is 11.4 Å². The fourth-order valence-corrected chi connectivity index (χ4v) is 2.87. The standard InChI is InChI=1S/C18H22F3N3O3/c1-16(2,10-22)8-12-9-23-13-7-11(5-6-14(13)27-12)24(15(25)26)17(3,4)18(19,20)21/h5-7,12,23H,8-9H2,1-4H3,(H,25,26)/t12-/m0/s1. The minimum atomic E-state index is -4.75. The van der Waals surface area contributed by atoms with Gasteiger partial charge in [-0.05, 0) is 45.9 Å². The highest BCUT2D eigenvalue weighted by Crippen LogP contribution is 2.41. The molecule has 1 aromatic carbocycles. The van der Waals surface area contributed by atoms with Crippen LogP contribution in [0.3, 0.4) is 0 Å². The number of anilines is 2. The van der Waals surface area contributed by atoms with Gasteiger partial charge in [-0.1, -0.05) is 0 Å².